The number of hydrogen-bond donors (Lipinski definition) is 1. The van der Waals surface area contributed by atoms with Gasteiger partial charge in [0.25, 0.3) is 5.91 Å². The minimum Gasteiger partial charge on any atom is -0.503 e. The molecule has 0 radical (unpaired) electrons. The zero-order chi connectivity index (χ0) is 25.4. The molecule has 1 aromatic carbocycles. The number of hydrogen-bond acceptors (Lipinski definition) is 7. The summed E-state index contributed by atoms with van der Waals surface area (Å²) in [6, 6.07) is 8.00. The Morgan fingerprint density at radius 1 is 1.20 bits per heavy atom. The van der Waals surface area contributed by atoms with Gasteiger partial charge in [-0.25, -0.2) is 0 Å². The number of rotatable bonds is 13. The highest BCUT2D eigenvalue weighted by Gasteiger charge is 2.43. The zero-order valence-electron chi connectivity index (χ0n) is 20.8. The fourth-order valence-corrected chi connectivity index (χ4v) is 4.09. The molecule has 0 fully saturated rings. The van der Waals surface area contributed by atoms with Crippen LogP contribution in [-0.4, -0.2) is 66.5 Å². The van der Waals surface area contributed by atoms with Crippen molar-refractivity contribution in [2.24, 2.45) is 0 Å². The van der Waals surface area contributed by atoms with Crippen LogP contribution in [0.1, 0.15) is 44.6 Å². The fourth-order valence-electron chi connectivity index (χ4n) is 4.09. The summed E-state index contributed by atoms with van der Waals surface area (Å²) in [7, 11) is 1.54. The average molecular weight is 483 g/mol. The molecule has 8 heteroatoms. The maximum absolute atomic E-state index is 13.2. The van der Waals surface area contributed by atoms with Gasteiger partial charge in [0.05, 0.1) is 31.6 Å². The Labute approximate surface area is 206 Å². The van der Waals surface area contributed by atoms with Gasteiger partial charge in [-0.3, -0.25) is 9.59 Å². The van der Waals surface area contributed by atoms with E-state index < -0.39 is 23.5 Å². The van der Waals surface area contributed by atoms with Gasteiger partial charge in [0, 0.05) is 13.1 Å². The second-order valence-electron chi connectivity index (χ2n) is 8.16. The molecule has 1 amide bonds. The number of furan rings is 1. The summed E-state index contributed by atoms with van der Waals surface area (Å²) in [4.78, 5) is 30.1. The Balaban J connectivity index is 2.00. The summed E-state index contributed by atoms with van der Waals surface area (Å²) in [5, 5.41) is 10.8. The van der Waals surface area contributed by atoms with Crippen LogP contribution < -0.4 is 9.47 Å². The van der Waals surface area contributed by atoms with Gasteiger partial charge in [0.2, 0.25) is 0 Å². The van der Waals surface area contributed by atoms with E-state index in [1.807, 2.05) is 6.92 Å². The van der Waals surface area contributed by atoms with Crippen LogP contribution in [0.3, 0.4) is 0 Å². The lowest BCUT2D eigenvalue weighted by Crippen LogP contribution is -2.38. The van der Waals surface area contributed by atoms with E-state index in [0.717, 1.165) is 19.5 Å². The number of aliphatic hydroxyl groups is 1. The Kier molecular flexibility index (Phi) is 9.14. The predicted octanol–water partition coefficient (Wildman–Crippen LogP) is 4.40. The molecular weight excluding hydrogens is 448 g/mol. The number of nitrogens with zero attached hydrogens (tertiary/aromatic N) is 2. The number of ketones is 1. The van der Waals surface area contributed by atoms with Gasteiger partial charge < -0.3 is 28.8 Å². The molecule has 3 rings (SSSR count). The largest absolute Gasteiger partial charge is 0.503 e. The van der Waals surface area contributed by atoms with Crippen molar-refractivity contribution in [1.29, 1.82) is 0 Å². The van der Waals surface area contributed by atoms with Crippen LogP contribution in [0, 0.1) is 0 Å². The molecule has 1 atom stereocenters. The molecule has 35 heavy (non-hydrogen) atoms. The van der Waals surface area contributed by atoms with Gasteiger partial charge in [-0.15, -0.1) is 0 Å². The molecule has 1 aliphatic heterocycles. The van der Waals surface area contributed by atoms with Crippen LogP contribution in [0.4, 0.5) is 0 Å². The summed E-state index contributed by atoms with van der Waals surface area (Å²) >= 11 is 0. The van der Waals surface area contributed by atoms with E-state index in [2.05, 4.69) is 18.7 Å². The smallest absolute Gasteiger partial charge is 0.290 e. The Morgan fingerprint density at radius 3 is 2.60 bits per heavy atom. The average Bonchev–Trinajstić information content (AvgIpc) is 3.48. The first-order chi connectivity index (χ1) is 16.9. The van der Waals surface area contributed by atoms with Crippen LogP contribution >= 0.6 is 0 Å². The second-order valence-corrected chi connectivity index (χ2v) is 8.16. The summed E-state index contributed by atoms with van der Waals surface area (Å²) < 4.78 is 16.6. The van der Waals surface area contributed by atoms with Crippen LogP contribution in [0.5, 0.6) is 11.5 Å². The summed E-state index contributed by atoms with van der Waals surface area (Å²) in [5.74, 6) is 0.00748. The van der Waals surface area contributed by atoms with Crippen molar-refractivity contribution in [3.05, 3.63) is 65.3 Å². The third-order valence-electron chi connectivity index (χ3n) is 6.03. The first-order valence-electron chi connectivity index (χ1n) is 12.0. The van der Waals surface area contributed by atoms with Crippen molar-refractivity contribution in [3.63, 3.8) is 0 Å². The van der Waals surface area contributed by atoms with E-state index >= 15 is 0 Å². The molecule has 8 nitrogen and oxygen atoms in total. The number of allylic oxidation sites excluding steroid dienone is 1. The van der Waals surface area contributed by atoms with Gasteiger partial charge >= 0.3 is 0 Å². The quantitative estimate of drug-likeness (QED) is 0.423. The SMILES string of the molecule is CCCOc1ccc(C2C(C(=O)/C=C/c3ccco3)=C(O)C(=O)N2CCN(CC)CC)cc1OC. The van der Waals surface area contributed by atoms with Crippen molar-refractivity contribution in [1.82, 2.24) is 9.80 Å². The Morgan fingerprint density at radius 2 is 1.97 bits per heavy atom. The molecule has 2 heterocycles. The van der Waals surface area contributed by atoms with Gasteiger partial charge in [0.15, 0.2) is 23.0 Å². The molecule has 1 unspecified atom stereocenters. The Hall–Kier alpha value is -3.52. The maximum Gasteiger partial charge on any atom is 0.290 e. The maximum atomic E-state index is 13.2. The number of likely N-dealkylation sites (N-methyl/N-ethyl adjacent to an activating group) is 1. The third-order valence-corrected chi connectivity index (χ3v) is 6.03. The molecule has 0 aliphatic carbocycles. The van der Waals surface area contributed by atoms with Crippen LogP contribution in [0.2, 0.25) is 0 Å². The van der Waals surface area contributed by atoms with Gasteiger partial charge in [-0.2, -0.15) is 0 Å². The third kappa shape index (κ3) is 5.95. The lowest BCUT2D eigenvalue weighted by Gasteiger charge is -2.29. The van der Waals surface area contributed by atoms with E-state index in [1.54, 1.807) is 42.3 Å². The van der Waals surface area contributed by atoms with Crippen LogP contribution in [0.25, 0.3) is 6.08 Å². The lowest BCUT2D eigenvalue weighted by atomic mass is 9.95. The molecular formula is C27H34N2O6. The highest BCUT2D eigenvalue weighted by molar-refractivity contribution is 6.14. The molecule has 0 saturated carbocycles. The number of aliphatic hydroxyl groups excluding tert-OH is 1. The number of methoxy groups -OCH3 is 1. The Bertz CT molecular complexity index is 1070. The van der Waals surface area contributed by atoms with E-state index in [4.69, 9.17) is 13.9 Å². The molecule has 0 saturated heterocycles. The molecule has 1 aromatic heterocycles. The van der Waals surface area contributed by atoms with Crippen molar-refractivity contribution in [3.8, 4) is 11.5 Å². The van der Waals surface area contributed by atoms with E-state index in [0.29, 0.717) is 42.5 Å². The molecule has 1 aliphatic rings. The van der Waals surface area contributed by atoms with E-state index in [9.17, 15) is 14.7 Å². The highest BCUT2D eigenvalue weighted by Crippen LogP contribution is 2.41. The standard InChI is InChI=1S/C27H34N2O6/c1-5-16-35-22-13-10-19(18-23(22)33-4)25-24(21(30)12-11-20-9-8-17-34-20)26(31)27(32)29(25)15-14-28(6-2)7-3/h8-13,17-18,25,31H,5-7,14-16H2,1-4H3/b12-11+. The van der Waals surface area contributed by atoms with E-state index in [-0.39, 0.29) is 5.57 Å². The van der Waals surface area contributed by atoms with Gasteiger partial charge in [0.1, 0.15) is 5.76 Å². The number of benzene rings is 1. The van der Waals surface area contributed by atoms with Crippen LogP contribution in [0.15, 0.2) is 58.4 Å². The van der Waals surface area contributed by atoms with Crippen molar-refractivity contribution >= 4 is 17.8 Å². The molecule has 188 valence electrons. The first-order valence-corrected chi connectivity index (χ1v) is 12.0. The highest BCUT2D eigenvalue weighted by atomic mass is 16.5. The summed E-state index contributed by atoms with van der Waals surface area (Å²) in [6.07, 6.45) is 5.18. The second kappa shape index (κ2) is 12.3. The van der Waals surface area contributed by atoms with E-state index in [1.165, 1.54) is 18.4 Å². The van der Waals surface area contributed by atoms with Crippen molar-refractivity contribution < 1.29 is 28.6 Å². The van der Waals surface area contributed by atoms with Gasteiger partial charge in [-0.05, 0) is 61.5 Å². The number of carbonyl (C=O) groups is 2. The molecule has 2 aromatic rings. The summed E-state index contributed by atoms with van der Waals surface area (Å²) in [5.41, 5.74) is 0.680. The van der Waals surface area contributed by atoms with Crippen molar-refractivity contribution in [2.45, 2.75) is 33.2 Å². The number of ether oxygens (including phenoxy) is 2. The van der Waals surface area contributed by atoms with Crippen molar-refractivity contribution in [2.75, 3.05) is 39.9 Å². The summed E-state index contributed by atoms with van der Waals surface area (Å²) in [6.45, 7) is 9.28. The predicted molar refractivity (Wildman–Crippen MR) is 133 cm³/mol. The topological polar surface area (TPSA) is 92.5 Å². The lowest BCUT2D eigenvalue weighted by molar-refractivity contribution is -0.129. The minimum absolute atomic E-state index is 0.0293. The number of carbonyl (C=O) groups excluding carboxylic acids is 2. The molecule has 0 bridgehead atoms. The molecule has 1 N–H and O–H groups in total. The first kappa shape index (κ1) is 26.1. The monoisotopic (exact) mass is 482 g/mol. The normalized spacial score (nSPS) is 16.1. The fraction of sp³-hybridized carbons (Fsp3) is 0.407. The van der Waals surface area contributed by atoms with Gasteiger partial charge in [-0.1, -0.05) is 26.8 Å². The number of amides is 1. The molecule has 0 spiro atoms. The minimum atomic E-state index is -0.763. The zero-order valence-corrected chi connectivity index (χ0v) is 20.8. The van der Waals surface area contributed by atoms with Crippen LogP contribution in [-0.2, 0) is 9.59 Å².